The normalized spacial score (nSPS) is 13.9. The van der Waals surface area contributed by atoms with Crippen molar-refractivity contribution >= 4 is 23.0 Å². The molecule has 96 valence electrons. The number of rotatable bonds is 2. The fourth-order valence-corrected chi connectivity index (χ4v) is 2.28. The lowest BCUT2D eigenvalue weighted by atomic mass is 10.1. The van der Waals surface area contributed by atoms with Gasteiger partial charge in [0.25, 0.3) is 0 Å². The van der Waals surface area contributed by atoms with E-state index < -0.39 is 0 Å². The summed E-state index contributed by atoms with van der Waals surface area (Å²) in [6.07, 6.45) is 0. The molecule has 0 atom stereocenters. The van der Waals surface area contributed by atoms with Crippen molar-refractivity contribution in [2.75, 3.05) is 16.8 Å². The summed E-state index contributed by atoms with van der Waals surface area (Å²) >= 11 is 0. The Labute approximate surface area is 111 Å². The van der Waals surface area contributed by atoms with Crippen molar-refractivity contribution in [3.05, 3.63) is 54.1 Å². The Balaban J connectivity index is 2.02. The van der Waals surface area contributed by atoms with Gasteiger partial charge >= 0.3 is 0 Å². The highest BCUT2D eigenvalue weighted by Gasteiger charge is 2.22. The smallest absolute Gasteiger partial charge is 0.244 e. The van der Waals surface area contributed by atoms with Crippen LogP contribution < -0.4 is 16.0 Å². The SMILES string of the molecule is NCc1ccc(N2CC(=O)Nc3ccccc32)cc1. The maximum atomic E-state index is 11.8. The predicted molar refractivity (Wildman–Crippen MR) is 76.4 cm³/mol. The minimum Gasteiger partial charge on any atom is -0.330 e. The topological polar surface area (TPSA) is 58.4 Å². The molecule has 2 aromatic carbocycles. The molecule has 3 N–H and O–H groups in total. The number of para-hydroxylation sites is 2. The van der Waals surface area contributed by atoms with Gasteiger partial charge in [-0.3, -0.25) is 4.79 Å². The lowest BCUT2D eigenvalue weighted by Crippen LogP contribution is -2.34. The molecule has 3 rings (SSSR count). The Kier molecular flexibility index (Phi) is 2.93. The fraction of sp³-hybridized carbons (Fsp3) is 0.133. The van der Waals surface area contributed by atoms with E-state index in [-0.39, 0.29) is 5.91 Å². The van der Waals surface area contributed by atoms with Gasteiger partial charge in [0.15, 0.2) is 0 Å². The third kappa shape index (κ3) is 2.18. The highest BCUT2D eigenvalue weighted by Crippen LogP contribution is 2.34. The lowest BCUT2D eigenvalue weighted by Gasteiger charge is -2.31. The second-order valence-corrected chi connectivity index (χ2v) is 4.52. The molecule has 4 heteroatoms. The highest BCUT2D eigenvalue weighted by molar-refractivity contribution is 6.03. The van der Waals surface area contributed by atoms with Crippen LogP contribution >= 0.6 is 0 Å². The number of hydrogen-bond acceptors (Lipinski definition) is 3. The number of benzene rings is 2. The minimum absolute atomic E-state index is 0.00148. The van der Waals surface area contributed by atoms with Crippen LogP contribution in [0.25, 0.3) is 0 Å². The van der Waals surface area contributed by atoms with Gasteiger partial charge in [-0.2, -0.15) is 0 Å². The molecule has 1 aliphatic heterocycles. The van der Waals surface area contributed by atoms with E-state index in [9.17, 15) is 4.79 Å². The van der Waals surface area contributed by atoms with Gasteiger partial charge in [-0.25, -0.2) is 0 Å². The number of nitrogens with zero attached hydrogens (tertiary/aromatic N) is 1. The third-order valence-corrected chi connectivity index (χ3v) is 3.25. The summed E-state index contributed by atoms with van der Waals surface area (Å²) in [4.78, 5) is 13.8. The molecule has 0 bridgehead atoms. The number of amides is 1. The molecule has 0 aliphatic carbocycles. The maximum absolute atomic E-state index is 11.8. The number of hydrogen-bond donors (Lipinski definition) is 2. The molecule has 1 aliphatic rings. The average Bonchev–Trinajstić information content (AvgIpc) is 2.46. The van der Waals surface area contributed by atoms with Gasteiger partial charge < -0.3 is 16.0 Å². The van der Waals surface area contributed by atoms with E-state index in [1.807, 2.05) is 53.4 Å². The van der Waals surface area contributed by atoms with Gasteiger partial charge in [0.2, 0.25) is 5.91 Å². The molecule has 0 fully saturated rings. The first-order chi connectivity index (χ1) is 9.28. The van der Waals surface area contributed by atoms with Crippen LogP contribution in [-0.4, -0.2) is 12.5 Å². The zero-order valence-corrected chi connectivity index (χ0v) is 10.5. The van der Waals surface area contributed by atoms with Crippen LogP contribution in [0.2, 0.25) is 0 Å². The van der Waals surface area contributed by atoms with E-state index in [1.54, 1.807) is 0 Å². The number of nitrogens with one attached hydrogen (secondary N) is 1. The van der Waals surface area contributed by atoms with Crippen LogP contribution in [0.15, 0.2) is 48.5 Å². The molecule has 1 heterocycles. The molecular weight excluding hydrogens is 238 g/mol. The molecule has 1 amide bonds. The van der Waals surface area contributed by atoms with Crippen LogP contribution in [0.4, 0.5) is 17.1 Å². The first-order valence-corrected chi connectivity index (χ1v) is 6.23. The second-order valence-electron chi connectivity index (χ2n) is 4.52. The maximum Gasteiger partial charge on any atom is 0.244 e. The monoisotopic (exact) mass is 253 g/mol. The average molecular weight is 253 g/mol. The van der Waals surface area contributed by atoms with Crippen molar-refractivity contribution in [3.8, 4) is 0 Å². The van der Waals surface area contributed by atoms with Crippen LogP contribution in [0, 0.1) is 0 Å². The Morgan fingerprint density at radius 2 is 1.84 bits per heavy atom. The quantitative estimate of drug-likeness (QED) is 0.863. The van der Waals surface area contributed by atoms with E-state index in [2.05, 4.69) is 5.32 Å². The summed E-state index contributed by atoms with van der Waals surface area (Å²) in [7, 11) is 0. The van der Waals surface area contributed by atoms with E-state index in [0.29, 0.717) is 13.1 Å². The number of fused-ring (bicyclic) bond motifs is 1. The van der Waals surface area contributed by atoms with E-state index in [4.69, 9.17) is 5.73 Å². The third-order valence-electron chi connectivity index (χ3n) is 3.25. The molecule has 0 radical (unpaired) electrons. The summed E-state index contributed by atoms with van der Waals surface area (Å²) in [5.41, 5.74) is 9.55. The molecule has 0 aromatic heterocycles. The number of anilines is 3. The molecule has 0 unspecified atom stereocenters. The summed E-state index contributed by atoms with van der Waals surface area (Å²) in [5.74, 6) is 0.00148. The predicted octanol–water partition coefficient (Wildman–Crippen LogP) is 2.24. The largest absolute Gasteiger partial charge is 0.330 e. The van der Waals surface area contributed by atoms with Gasteiger partial charge in [0, 0.05) is 12.2 Å². The lowest BCUT2D eigenvalue weighted by molar-refractivity contribution is -0.115. The summed E-state index contributed by atoms with van der Waals surface area (Å²) in [5, 5.41) is 2.88. The van der Waals surface area contributed by atoms with E-state index >= 15 is 0 Å². The molecule has 0 saturated carbocycles. The van der Waals surface area contributed by atoms with Crippen molar-refractivity contribution in [1.29, 1.82) is 0 Å². The van der Waals surface area contributed by atoms with Gasteiger partial charge in [0.1, 0.15) is 6.54 Å². The van der Waals surface area contributed by atoms with E-state index in [0.717, 1.165) is 22.6 Å². The number of carbonyl (C=O) groups excluding carboxylic acids is 1. The van der Waals surface area contributed by atoms with Crippen LogP contribution in [0.1, 0.15) is 5.56 Å². The summed E-state index contributed by atoms with van der Waals surface area (Å²) in [6.45, 7) is 0.857. The minimum atomic E-state index is 0.00148. The Bertz CT molecular complexity index is 607. The fourth-order valence-electron chi connectivity index (χ4n) is 2.28. The summed E-state index contributed by atoms with van der Waals surface area (Å²) in [6, 6.07) is 15.8. The molecule has 0 spiro atoms. The zero-order valence-electron chi connectivity index (χ0n) is 10.5. The highest BCUT2D eigenvalue weighted by atomic mass is 16.2. The standard InChI is InChI=1S/C15H15N3O/c16-9-11-5-7-12(8-6-11)18-10-15(19)17-13-3-1-2-4-14(13)18/h1-8H,9-10,16H2,(H,17,19). The Morgan fingerprint density at radius 1 is 1.11 bits per heavy atom. The van der Waals surface area contributed by atoms with Gasteiger partial charge in [0.05, 0.1) is 11.4 Å². The van der Waals surface area contributed by atoms with Crippen LogP contribution in [-0.2, 0) is 11.3 Å². The summed E-state index contributed by atoms with van der Waals surface area (Å²) < 4.78 is 0. The van der Waals surface area contributed by atoms with E-state index in [1.165, 1.54) is 0 Å². The Morgan fingerprint density at radius 3 is 2.58 bits per heavy atom. The molecular formula is C15H15N3O. The van der Waals surface area contributed by atoms with Gasteiger partial charge in [-0.05, 0) is 29.8 Å². The van der Waals surface area contributed by atoms with Crippen molar-refractivity contribution in [1.82, 2.24) is 0 Å². The molecule has 0 saturated heterocycles. The van der Waals surface area contributed by atoms with Crippen molar-refractivity contribution in [2.24, 2.45) is 5.73 Å². The van der Waals surface area contributed by atoms with Crippen molar-refractivity contribution in [2.45, 2.75) is 6.54 Å². The first kappa shape index (κ1) is 11.7. The second kappa shape index (κ2) is 4.74. The molecule has 2 aromatic rings. The molecule has 4 nitrogen and oxygen atoms in total. The Hall–Kier alpha value is -2.33. The van der Waals surface area contributed by atoms with Gasteiger partial charge in [-0.1, -0.05) is 24.3 Å². The van der Waals surface area contributed by atoms with Crippen molar-refractivity contribution in [3.63, 3.8) is 0 Å². The first-order valence-electron chi connectivity index (χ1n) is 6.23. The number of carbonyl (C=O) groups is 1. The zero-order chi connectivity index (χ0) is 13.2. The van der Waals surface area contributed by atoms with Crippen LogP contribution in [0.5, 0.6) is 0 Å². The van der Waals surface area contributed by atoms with Crippen LogP contribution in [0.3, 0.4) is 0 Å². The van der Waals surface area contributed by atoms with Crippen molar-refractivity contribution < 1.29 is 4.79 Å². The number of nitrogens with two attached hydrogens (primary N) is 1. The molecule has 19 heavy (non-hydrogen) atoms. The van der Waals surface area contributed by atoms with Gasteiger partial charge in [-0.15, -0.1) is 0 Å².